The number of rotatable bonds is 7. The highest BCUT2D eigenvalue weighted by atomic mass is 79.9. The van der Waals surface area contributed by atoms with Crippen molar-refractivity contribution in [1.82, 2.24) is 4.72 Å². The van der Waals surface area contributed by atoms with E-state index in [4.69, 9.17) is 4.74 Å². The lowest BCUT2D eigenvalue weighted by Crippen LogP contribution is -2.24. The van der Waals surface area contributed by atoms with Crippen LogP contribution in [0.3, 0.4) is 0 Å². The number of methoxy groups -OCH3 is 1. The van der Waals surface area contributed by atoms with E-state index in [2.05, 4.69) is 25.4 Å². The highest BCUT2D eigenvalue weighted by molar-refractivity contribution is 9.10. The molecule has 0 aromatic heterocycles. The molecule has 0 aliphatic heterocycles. The van der Waals surface area contributed by atoms with Gasteiger partial charge in [0, 0.05) is 16.6 Å². The van der Waals surface area contributed by atoms with E-state index < -0.39 is 22.4 Å². The fraction of sp³-hybridized carbons (Fsp3) is 0.200. The van der Waals surface area contributed by atoms with Crippen LogP contribution in [0.1, 0.15) is 5.56 Å². The summed E-state index contributed by atoms with van der Waals surface area (Å²) in [6, 6.07) is 10.3. The molecule has 2 rings (SSSR count). The molecule has 9 heteroatoms. The van der Waals surface area contributed by atoms with Crippen molar-refractivity contribution in [3.63, 3.8) is 0 Å². The van der Waals surface area contributed by atoms with Crippen molar-refractivity contribution in [1.29, 1.82) is 0 Å². The van der Waals surface area contributed by atoms with Gasteiger partial charge in [0.2, 0.25) is 10.0 Å². The molecule has 0 saturated heterocycles. The molecule has 0 heterocycles. The Kier molecular flexibility index (Phi) is 6.14. The normalized spacial score (nSPS) is 11.5. The number of hydrogen-bond donors (Lipinski definition) is 1. The minimum absolute atomic E-state index is 0.0754. The Morgan fingerprint density at radius 3 is 2.54 bits per heavy atom. The predicted molar refractivity (Wildman–Crippen MR) is 87.8 cm³/mol. The molecule has 0 amide bonds. The first kappa shape index (κ1) is 18.6. The maximum atomic E-state index is 12.4. The number of benzene rings is 2. The topological polar surface area (TPSA) is 64.6 Å². The Morgan fingerprint density at radius 2 is 1.88 bits per heavy atom. The summed E-state index contributed by atoms with van der Waals surface area (Å²) in [5.74, 6) is 0.0826. The van der Waals surface area contributed by atoms with E-state index in [0.717, 1.165) is 4.47 Å². The SMILES string of the molecule is COc1ccc(Br)cc1CNS(=O)(=O)c1ccccc1OC(F)F. The number of ether oxygens (including phenoxy) is 2. The molecule has 0 aliphatic carbocycles. The van der Waals surface area contributed by atoms with Crippen molar-refractivity contribution < 1.29 is 26.7 Å². The van der Waals surface area contributed by atoms with Crippen molar-refractivity contribution in [3.05, 3.63) is 52.5 Å². The summed E-state index contributed by atoms with van der Waals surface area (Å²) >= 11 is 3.29. The summed E-state index contributed by atoms with van der Waals surface area (Å²) < 4.78 is 62.2. The standard InChI is InChI=1S/C15H14BrF2NO4S/c1-22-12-7-6-11(16)8-10(12)9-19-24(20,21)14-5-3-2-4-13(14)23-15(17)18/h2-8,15,19H,9H2,1H3. The van der Waals surface area contributed by atoms with Gasteiger partial charge in [0.1, 0.15) is 16.4 Å². The molecule has 0 bridgehead atoms. The van der Waals surface area contributed by atoms with Crippen molar-refractivity contribution in [3.8, 4) is 11.5 Å². The van der Waals surface area contributed by atoms with Gasteiger partial charge in [-0.3, -0.25) is 0 Å². The second kappa shape index (κ2) is 7.91. The van der Waals surface area contributed by atoms with Gasteiger partial charge in [0.25, 0.3) is 0 Å². The summed E-state index contributed by atoms with van der Waals surface area (Å²) in [5, 5.41) is 0. The molecule has 2 aromatic carbocycles. The van der Waals surface area contributed by atoms with Crippen molar-refractivity contribution in [2.45, 2.75) is 18.1 Å². The maximum Gasteiger partial charge on any atom is 0.387 e. The van der Waals surface area contributed by atoms with Gasteiger partial charge in [-0.2, -0.15) is 8.78 Å². The van der Waals surface area contributed by atoms with E-state index in [9.17, 15) is 17.2 Å². The molecule has 0 atom stereocenters. The summed E-state index contributed by atoms with van der Waals surface area (Å²) in [7, 11) is -2.59. The van der Waals surface area contributed by atoms with Gasteiger partial charge < -0.3 is 9.47 Å². The van der Waals surface area contributed by atoms with E-state index in [1.165, 1.54) is 31.4 Å². The van der Waals surface area contributed by atoms with E-state index in [1.54, 1.807) is 18.2 Å². The van der Waals surface area contributed by atoms with Gasteiger partial charge in [-0.15, -0.1) is 0 Å². The Labute approximate surface area is 146 Å². The van der Waals surface area contributed by atoms with Crippen LogP contribution in [0.25, 0.3) is 0 Å². The molecule has 0 fully saturated rings. The zero-order valence-corrected chi connectivity index (χ0v) is 14.9. The van der Waals surface area contributed by atoms with Crippen LogP contribution < -0.4 is 14.2 Å². The lowest BCUT2D eigenvalue weighted by atomic mass is 10.2. The Morgan fingerprint density at radius 1 is 1.17 bits per heavy atom. The van der Waals surface area contributed by atoms with Crippen molar-refractivity contribution >= 4 is 26.0 Å². The third kappa shape index (κ3) is 4.65. The number of para-hydroxylation sites is 1. The molecule has 0 saturated carbocycles. The Hall–Kier alpha value is -1.71. The van der Waals surface area contributed by atoms with Crippen LogP contribution in [0.15, 0.2) is 51.8 Å². The van der Waals surface area contributed by atoms with Crippen LogP contribution in [-0.2, 0) is 16.6 Å². The average molecular weight is 422 g/mol. The first-order valence-corrected chi connectivity index (χ1v) is 8.97. The molecular weight excluding hydrogens is 408 g/mol. The van der Waals surface area contributed by atoms with Crippen LogP contribution in [0, 0.1) is 0 Å². The monoisotopic (exact) mass is 421 g/mol. The van der Waals surface area contributed by atoms with Crippen LogP contribution in [-0.4, -0.2) is 22.1 Å². The predicted octanol–water partition coefficient (Wildman–Crippen LogP) is 3.54. The lowest BCUT2D eigenvalue weighted by Gasteiger charge is -2.13. The van der Waals surface area contributed by atoms with E-state index >= 15 is 0 Å². The van der Waals surface area contributed by atoms with E-state index in [1.807, 2.05) is 0 Å². The molecule has 2 aromatic rings. The minimum Gasteiger partial charge on any atom is -0.496 e. The molecule has 1 N–H and O–H groups in total. The number of halogens is 3. The summed E-state index contributed by atoms with van der Waals surface area (Å²) in [6.45, 7) is -3.19. The molecular formula is C15H14BrF2NO4S. The number of nitrogens with one attached hydrogen (secondary N) is 1. The average Bonchev–Trinajstić information content (AvgIpc) is 2.53. The molecule has 0 radical (unpaired) electrons. The molecule has 0 aliphatic rings. The maximum absolute atomic E-state index is 12.4. The van der Waals surface area contributed by atoms with Crippen LogP contribution in [0.2, 0.25) is 0 Å². The van der Waals surface area contributed by atoms with Crippen LogP contribution in [0.4, 0.5) is 8.78 Å². The second-order valence-electron chi connectivity index (χ2n) is 4.61. The fourth-order valence-corrected chi connectivity index (χ4v) is 3.55. The Bertz CT molecular complexity index is 815. The van der Waals surface area contributed by atoms with Crippen molar-refractivity contribution in [2.75, 3.05) is 7.11 Å². The molecule has 0 unspecified atom stereocenters. The second-order valence-corrected chi connectivity index (χ2v) is 7.26. The molecule has 24 heavy (non-hydrogen) atoms. The quantitative estimate of drug-likeness (QED) is 0.742. The molecule has 0 spiro atoms. The van der Waals surface area contributed by atoms with Gasteiger partial charge >= 0.3 is 6.61 Å². The van der Waals surface area contributed by atoms with Gasteiger partial charge in [-0.05, 0) is 30.3 Å². The zero-order chi connectivity index (χ0) is 17.7. The third-order valence-electron chi connectivity index (χ3n) is 3.05. The fourth-order valence-electron chi connectivity index (χ4n) is 2.00. The number of hydrogen-bond acceptors (Lipinski definition) is 4. The van der Waals surface area contributed by atoms with Gasteiger partial charge in [0.05, 0.1) is 7.11 Å². The Balaban J connectivity index is 2.25. The van der Waals surface area contributed by atoms with Gasteiger partial charge in [-0.1, -0.05) is 28.1 Å². The van der Waals surface area contributed by atoms with Crippen LogP contribution >= 0.6 is 15.9 Å². The van der Waals surface area contributed by atoms with Crippen LogP contribution in [0.5, 0.6) is 11.5 Å². The highest BCUT2D eigenvalue weighted by Crippen LogP contribution is 2.26. The third-order valence-corrected chi connectivity index (χ3v) is 4.98. The number of sulfonamides is 1. The smallest absolute Gasteiger partial charge is 0.387 e. The van der Waals surface area contributed by atoms with E-state index in [0.29, 0.717) is 11.3 Å². The van der Waals surface area contributed by atoms with Crippen molar-refractivity contribution in [2.24, 2.45) is 0 Å². The highest BCUT2D eigenvalue weighted by Gasteiger charge is 2.21. The minimum atomic E-state index is -4.05. The first-order valence-electron chi connectivity index (χ1n) is 6.69. The summed E-state index contributed by atoms with van der Waals surface area (Å²) in [4.78, 5) is -0.362. The largest absolute Gasteiger partial charge is 0.496 e. The molecule has 130 valence electrons. The zero-order valence-electron chi connectivity index (χ0n) is 12.5. The lowest BCUT2D eigenvalue weighted by molar-refractivity contribution is -0.0517. The van der Waals surface area contributed by atoms with Gasteiger partial charge in [-0.25, -0.2) is 13.1 Å². The number of alkyl halides is 2. The first-order chi connectivity index (χ1) is 11.3. The van der Waals surface area contributed by atoms with Gasteiger partial charge in [0.15, 0.2) is 0 Å². The molecule has 5 nitrogen and oxygen atoms in total. The summed E-state index contributed by atoms with van der Waals surface area (Å²) in [5.41, 5.74) is 0.586. The summed E-state index contributed by atoms with van der Waals surface area (Å²) in [6.07, 6.45) is 0. The van der Waals surface area contributed by atoms with E-state index in [-0.39, 0.29) is 11.4 Å².